The molecule has 1 aromatic carbocycles. The lowest BCUT2D eigenvalue weighted by molar-refractivity contribution is 0.401. The lowest BCUT2D eigenvalue weighted by Crippen LogP contribution is -2.14. The normalized spacial score (nSPS) is 12.1. The van der Waals surface area contributed by atoms with Gasteiger partial charge in [0.2, 0.25) is 0 Å². The van der Waals surface area contributed by atoms with Gasteiger partial charge in [-0.25, -0.2) is 0 Å². The summed E-state index contributed by atoms with van der Waals surface area (Å²) in [7, 11) is 1.61. The first-order chi connectivity index (χ1) is 7.95. The Morgan fingerprint density at radius 2 is 1.88 bits per heavy atom. The van der Waals surface area contributed by atoms with E-state index < -0.39 is 0 Å². The number of methoxy groups -OCH3 is 1. The third-order valence-corrected chi connectivity index (χ3v) is 3.66. The van der Waals surface area contributed by atoms with Gasteiger partial charge in [0.05, 0.1) is 19.6 Å². The summed E-state index contributed by atoms with van der Waals surface area (Å²) in [6.07, 6.45) is 0.246. The number of nitrogens with zero attached hydrogens (tertiary/aromatic N) is 1. The van der Waals surface area contributed by atoms with E-state index in [2.05, 4.69) is 6.07 Å². The molecule has 3 nitrogen and oxygen atoms in total. The van der Waals surface area contributed by atoms with Crippen molar-refractivity contribution in [3.8, 4) is 11.8 Å². The van der Waals surface area contributed by atoms with Gasteiger partial charge in [-0.1, -0.05) is 11.6 Å². The van der Waals surface area contributed by atoms with E-state index in [4.69, 9.17) is 27.3 Å². The second-order valence-corrected chi connectivity index (χ2v) is 4.48. The molecule has 0 heterocycles. The fourth-order valence-corrected chi connectivity index (χ4v) is 2.26. The minimum Gasteiger partial charge on any atom is -0.496 e. The first-order valence-corrected chi connectivity index (χ1v) is 5.79. The minimum atomic E-state index is -0.369. The van der Waals surface area contributed by atoms with Crippen molar-refractivity contribution in [1.82, 2.24) is 0 Å². The Kier molecular flexibility index (Phi) is 4.39. The van der Waals surface area contributed by atoms with Crippen LogP contribution >= 0.6 is 11.6 Å². The van der Waals surface area contributed by atoms with Gasteiger partial charge in [0.1, 0.15) is 5.75 Å². The van der Waals surface area contributed by atoms with Crippen molar-refractivity contribution < 1.29 is 4.74 Å². The molecule has 0 amide bonds. The Morgan fingerprint density at radius 3 is 2.35 bits per heavy atom. The van der Waals surface area contributed by atoms with E-state index >= 15 is 0 Å². The molecular weight excluding hydrogens is 236 g/mol. The molecular formula is C13H17ClN2O. The zero-order chi connectivity index (χ0) is 13.2. The maximum Gasteiger partial charge on any atom is 0.127 e. The van der Waals surface area contributed by atoms with Crippen LogP contribution in [0.25, 0.3) is 0 Å². The van der Waals surface area contributed by atoms with Crippen LogP contribution in [0.15, 0.2) is 0 Å². The van der Waals surface area contributed by atoms with Crippen LogP contribution in [-0.4, -0.2) is 7.11 Å². The van der Waals surface area contributed by atoms with Gasteiger partial charge in [-0.2, -0.15) is 5.26 Å². The molecule has 0 fully saturated rings. The van der Waals surface area contributed by atoms with E-state index in [1.54, 1.807) is 7.11 Å². The number of halogens is 1. The second-order valence-electron chi connectivity index (χ2n) is 4.10. The van der Waals surface area contributed by atoms with E-state index in [9.17, 15) is 0 Å². The van der Waals surface area contributed by atoms with Crippen LogP contribution < -0.4 is 10.5 Å². The van der Waals surface area contributed by atoms with Gasteiger partial charge in [-0.15, -0.1) is 0 Å². The highest BCUT2D eigenvalue weighted by molar-refractivity contribution is 6.32. The van der Waals surface area contributed by atoms with Crippen molar-refractivity contribution in [1.29, 1.82) is 5.26 Å². The van der Waals surface area contributed by atoms with Gasteiger partial charge in [0.15, 0.2) is 0 Å². The number of nitrogens with two attached hydrogens (primary N) is 1. The van der Waals surface area contributed by atoms with E-state index in [1.807, 2.05) is 20.8 Å². The summed E-state index contributed by atoms with van der Waals surface area (Å²) in [4.78, 5) is 0. The van der Waals surface area contributed by atoms with Crippen molar-refractivity contribution in [3.05, 3.63) is 27.3 Å². The van der Waals surface area contributed by atoms with E-state index in [-0.39, 0.29) is 12.5 Å². The molecule has 0 aliphatic carbocycles. The van der Waals surface area contributed by atoms with Gasteiger partial charge in [0.25, 0.3) is 0 Å². The van der Waals surface area contributed by atoms with Crippen molar-refractivity contribution >= 4 is 11.6 Å². The first-order valence-electron chi connectivity index (χ1n) is 5.41. The van der Waals surface area contributed by atoms with Gasteiger partial charge in [0, 0.05) is 16.6 Å². The maximum atomic E-state index is 8.74. The summed E-state index contributed by atoms with van der Waals surface area (Å²) >= 11 is 6.27. The summed E-state index contributed by atoms with van der Waals surface area (Å²) in [6.45, 7) is 5.80. The van der Waals surface area contributed by atoms with Crippen molar-refractivity contribution in [2.45, 2.75) is 33.2 Å². The quantitative estimate of drug-likeness (QED) is 0.899. The average molecular weight is 253 g/mol. The minimum absolute atomic E-state index is 0.246. The molecule has 0 bridgehead atoms. The molecule has 0 saturated carbocycles. The highest BCUT2D eigenvalue weighted by Crippen LogP contribution is 2.39. The molecule has 0 aliphatic rings. The number of hydrogen-bond donors (Lipinski definition) is 1. The fourth-order valence-electron chi connectivity index (χ4n) is 2.02. The molecule has 0 aromatic heterocycles. The molecule has 4 heteroatoms. The topological polar surface area (TPSA) is 59.0 Å². The Hall–Kier alpha value is -1.24. The zero-order valence-electron chi connectivity index (χ0n) is 10.6. The monoisotopic (exact) mass is 252 g/mol. The standard InChI is InChI=1S/C13H17ClN2O/c1-7-8(2)13(17-4)11(9(3)12(7)14)10(16)5-6-15/h10H,5,16H2,1-4H3. The molecule has 1 atom stereocenters. The summed E-state index contributed by atoms with van der Waals surface area (Å²) < 4.78 is 5.41. The molecule has 0 aliphatic heterocycles. The SMILES string of the molecule is COc1c(C)c(C)c(Cl)c(C)c1C(N)CC#N. The number of ether oxygens (including phenoxy) is 1. The van der Waals surface area contributed by atoms with Gasteiger partial charge < -0.3 is 10.5 Å². The Bertz CT molecular complexity index is 478. The predicted octanol–water partition coefficient (Wildman–Crippen LogP) is 3.19. The predicted molar refractivity (Wildman–Crippen MR) is 69.4 cm³/mol. The van der Waals surface area contributed by atoms with Gasteiger partial charge in [-0.3, -0.25) is 0 Å². The number of nitriles is 1. The summed E-state index contributed by atoms with van der Waals surface area (Å²) in [5, 5.41) is 9.44. The largest absolute Gasteiger partial charge is 0.496 e. The molecule has 17 heavy (non-hydrogen) atoms. The third kappa shape index (κ3) is 2.38. The van der Waals surface area contributed by atoms with Crippen LogP contribution in [0.5, 0.6) is 5.75 Å². The molecule has 0 radical (unpaired) electrons. The van der Waals surface area contributed by atoms with E-state index in [0.29, 0.717) is 5.02 Å². The van der Waals surface area contributed by atoms with Crippen LogP contribution in [0.3, 0.4) is 0 Å². The van der Waals surface area contributed by atoms with Crippen LogP contribution in [-0.2, 0) is 0 Å². The van der Waals surface area contributed by atoms with Gasteiger partial charge >= 0.3 is 0 Å². The lowest BCUT2D eigenvalue weighted by atomic mass is 9.93. The molecule has 1 rings (SSSR count). The van der Waals surface area contributed by atoms with Crippen LogP contribution in [0.2, 0.25) is 5.02 Å². The third-order valence-electron chi connectivity index (χ3n) is 3.10. The number of benzene rings is 1. The van der Waals surface area contributed by atoms with Crippen LogP contribution in [0.4, 0.5) is 0 Å². The lowest BCUT2D eigenvalue weighted by Gasteiger charge is -2.21. The fraction of sp³-hybridized carbons (Fsp3) is 0.462. The second kappa shape index (κ2) is 5.39. The van der Waals surface area contributed by atoms with E-state index in [0.717, 1.165) is 28.0 Å². The van der Waals surface area contributed by atoms with Crippen molar-refractivity contribution in [2.75, 3.05) is 7.11 Å². The van der Waals surface area contributed by atoms with Gasteiger partial charge in [-0.05, 0) is 37.5 Å². The average Bonchev–Trinajstić information content (AvgIpc) is 2.31. The molecule has 2 N–H and O–H groups in total. The molecule has 0 saturated heterocycles. The molecule has 92 valence electrons. The number of rotatable bonds is 3. The summed E-state index contributed by atoms with van der Waals surface area (Å²) in [5.74, 6) is 0.743. The summed E-state index contributed by atoms with van der Waals surface area (Å²) in [5.41, 5.74) is 9.71. The van der Waals surface area contributed by atoms with Crippen molar-refractivity contribution in [2.24, 2.45) is 5.73 Å². The summed E-state index contributed by atoms with van der Waals surface area (Å²) in [6, 6.07) is 1.71. The Labute approximate surface area is 107 Å². The molecule has 1 aromatic rings. The highest BCUT2D eigenvalue weighted by Gasteiger charge is 2.21. The first kappa shape index (κ1) is 13.8. The highest BCUT2D eigenvalue weighted by atomic mass is 35.5. The maximum absolute atomic E-state index is 8.74. The smallest absolute Gasteiger partial charge is 0.127 e. The van der Waals surface area contributed by atoms with Crippen LogP contribution in [0.1, 0.15) is 34.7 Å². The molecule has 1 unspecified atom stereocenters. The zero-order valence-corrected chi connectivity index (χ0v) is 11.4. The van der Waals surface area contributed by atoms with E-state index in [1.165, 1.54) is 0 Å². The number of hydrogen-bond acceptors (Lipinski definition) is 3. The Morgan fingerprint density at radius 1 is 1.29 bits per heavy atom. The van der Waals surface area contributed by atoms with Crippen LogP contribution in [0, 0.1) is 32.1 Å². The Balaban J connectivity index is 3.53. The van der Waals surface area contributed by atoms with Crippen molar-refractivity contribution in [3.63, 3.8) is 0 Å². The molecule has 0 spiro atoms.